The van der Waals surface area contributed by atoms with Crippen molar-refractivity contribution in [3.63, 3.8) is 0 Å². The zero-order valence-corrected chi connectivity index (χ0v) is 11.4. The molecule has 0 aromatic rings. The molecule has 5 nitrogen and oxygen atoms in total. The van der Waals surface area contributed by atoms with Crippen molar-refractivity contribution in [3.05, 3.63) is 0 Å². The molecule has 1 fully saturated rings. The zero-order chi connectivity index (χ0) is 11.3. The molecule has 1 saturated heterocycles. The third-order valence-corrected chi connectivity index (χ3v) is 4.79. The second kappa shape index (κ2) is 6.21. The Morgan fingerprint density at radius 2 is 2.40 bits per heavy atom. The lowest BCUT2D eigenvalue weighted by Crippen LogP contribution is -2.39. The third kappa shape index (κ3) is 3.43. The van der Waals surface area contributed by atoms with E-state index >= 15 is 0 Å². The molecule has 0 bridgehead atoms. The molecule has 1 aliphatic heterocycles. The summed E-state index contributed by atoms with van der Waals surface area (Å²) in [5, 5.41) is 2.84. The summed E-state index contributed by atoms with van der Waals surface area (Å²) in [6.45, 7) is 1.21. The quantitative estimate of drug-likeness (QED) is 0.631. The molecule has 88 valence electrons. The number of hydrogen-bond acceptors (Lipinski definition) is 3. The number of hydrogen-bond donors (Lipinski definition) is 1. The number of nitrogens with one attached hydrogen (secondary N) is 1. The Kier molecular flexibility index (Phi) is 5.57. The van der Waals surface area contributed by atoms with Gasteiger partial charge in [-0.2, -0.15) is 0 Å². The van der Waals surface area contributed by atoms with Crippen LogP contribution in [-0.4, -0.2) is 41.5 Å². The summed E-state index contributed by atoms with van der Waals surface area (Å²) in [6.07, 6.45) is 0.700. The smallest absolute Gasteiger partial charge is 0.302 e. The van der Waals surface area contributed by atoms with Gasteiger partial charge in [-0.25, -0.2) is 9.65 Å². The van der Waals surface area contributed by atoms with E-state index in [0.717, 1.165) is 0 Å². The summed E-state index contributed by atoms with van der Waals surface area (Å²) in [4.78, 5) is 11.5. The molecule has 1 atom stereocenters. The molecule has 1 amide bonds. The maximum absolute atomic E-state index is 12.2. The van der Waals surface area contributed by atoms with Crippen molar-refractivity contribution in [2.24, 2.45) is 0 Å². The molecule has 8 heteroatoms. The van der Waals surface area contributed by atoms with Crippen LogP contribution in [-0.2, 0) is 13.9 Å². The Bertz CT molecular complexity index is 279. The van der Waals surface area contributed by atoms with Crippen LogP contribution in [0.3, 0.4) is 0 Å². The zero-order valence-electron chi connectivity index (χ0n) is 8.12. The van der Waals surface area contributed by atoms with Crippen LogP contribution in [0.5, 0.6) is 0 Å². The molecule has 1 rings (SSSR count). The van der Waals surface area contributed by atoms with Crippen LogP contribution in [0, 0.1) is 0 Å². The molecule has 15 heavy (non-hydrogen) atoms. The fraction of sp³-hybridized carbons (Fsp3) is 0.857. The fourth-order valence-electron chi connectivity index (χ4n) is 1.26. The number of carbonyl (C=O) groups excluding carboxylic acids is 1. The SMILES string of the molecule is O=C(CBr)N1CCCOP1(=O)NCCCl. The lowest BCUT2D eigenvalue weighted by molar-refractivity contribution is -0.125. The summed E-state index contributed by atoms with van der Waals surface area (Å²) < 4.78 is 18.7. The topological polar surface area (TPSA) is 58.6 Å². The molecule has 0 aromatic carbocycles. The minimum Gasteiger partial charge on any atom is -0.302 e. The van der Waals surface area contributed by atoms with Crippen LogP contribution >= 0.6 is 35.2 Å². The summed E-state index contributed by atoms with van der Waals surface area (Å²) in [5.41, 5.74) is 0. The second-order valence-corrected chi connectivity index (χ2v) is 5.99. The van der Waals surface area contributed by atoms with Gasteiger partial charge in [-0.1, -0.05) is 15.9 Å². The first-order valence-electron chi connectivity index (χ1n) is 4.56. The second-order valence-electron chi connectivity index (χ2n) is 2.95. The average molecular weight is 320 g/mol. The van der Waals surface area contributed by atoms with Crippen LogP contribution in [0.4, 0.5) is 0 Å². The highest BCUT2D eigenvalue weighted by atomic mass is 79.9. The van der Waals surface area contributed by atoms with Gasteiger partial charge >= 0.3 is 7.67 Å². The van der Waals surface area contributed by atoms with E-state index in [1.54, 1.807) is 0 Å². The summed E-state index contributed by atoms with van der Waals surface area (Å²) in [7, 11) is -3.19. The molecule has 0 radical (unpaired) electrons. The maximum Gasteiger partial charge on any atom is 0.370 e. The molecule has 1 unspecified atom stereocenters. The first-order valence-corrected chi connectivity index (χ1v) is 7.80. The van der Waals surface area contributed by atoms with Gasteiger partial charge in [0.2, 0.25) is 5.91 Å². The van der Waals surface area contributed by atoms with Crippen LogP contribution in [0.1, 0.15) is 6.42 Å². The first kappa shape index (κ1) is 13.5. The molecule has 0 saturated carbocycles. The van der Waals surface area contributed by atoms with Crippen molar-refractivity contribution in [2.75, 3.05) is 30.9 Å². The van der Waals surface area contributed by atoms with Crippen molar-refractivity contribution in [2.45, 2.75) is 6.42 Å². The summed E-state index contributed by atoms with van der Waals surface area (Å²) >= 11 is 8.54. The normalized spacial score (nSPS) is 26.7. The third-order valence-electron chi connectivity index (χ3n) is 1.91. The van der Waals surface area contributed by atoms with Crippen LogP contribution in [0.2, 0.25) is 0 Å². The van der Waals surface area contributed by atoms with E-state index in [0.29, 0.717) is 32.0 Å². The summed E-state index contributed by atoms with van der Waals surface area (Å²) in [5.74, 6) is 0.0871. The first-order chi connectivity index (χ1) is 7.14. The van der Waals surface area contributed by atoms with Crippen LogP contribution in [0.15, 0.2) is 0 Å². The minimum atomic E-state index is -3.19. The average Bonchev–Trinajstić information content (AvgIpc) is 2.26. The molecule has 0 aliphatic carbocycles. The Morgan fingerprint density at radius 3 is 3.00 bits per heavy atom. The molecule has 0 aromatic heterocycles. The largest absolute Gasteiger partial charge is 0.370 e. The van der Waals surface area contributed by atoms with Gasteiger partial charge < -0.3 is 4.52 Å². The number of nitrogens with zero attached hydrogens (tertiary/aromatic N) is 1. The number of rotatable bonds is 4. The van der Waals surface area contributed by atoms with Crippen molar-refractivity contribution >= 4 is 41.1 Å². The lowest BCUT2D eigenvalue weighted by atomic mass is 10.4. The highest BCUT2D eigenvalue weighted by Crippen LogP contribution is 2.49. The van der Waals surface area contributed by atoms with Gasteiger partial charge in [0.15, 0.2) is 0 Å². The van der Waals surface area contributed by atoms with Crippen molar-refractivity contribution in [3.8, 4) is 0 Å². The molecule has 1 heterocycles. The van der Waals surface area contributed by atoms with Crippen LogP contribution in [0.25, 0.3) is 0 Å². The van der Waals surface area contributed by atoms with Gasteiger partial charge in [0.1, 0.15) is 0 Å². The fourth-order valence-corrected chi connectivity index (χ4v) is 3.92. The van der Waals surface area contributed by atoms with Gasteiger partial charge in [0.25, 0.3) is 0 Å². The Balaban J connectivity index is 2.72. The van der Waals surface area contributed by atoms with Crippen molar-refractivity contribution in [1.29, 1.82) is 0 Å². The van der Waals surface area contributed by atoms with E-state index in [1.807, 2.05) is 0 Å². The van der Waals surface area contributed by atoms with E-state index in [4.69, 9.17) is 16.1 Å². The van der Waals surface area contributed by atoms with Gasteiger partial charge in [0, 0.05) is 19.0 Å². The van der Waals surface area contributed by atoms with Crippen LogP contribution < -0.4 is 5.09 Å². The van der Waals surface area contributed by atoms with E-state index in [2.05, 4.69) is 21.0 Å². The molecular formula is C7H13BrClN2O3P. The van der Waals surface area contributed by atoms with E-state index in [9.17, 15) is 9.36 Å². The minimum absolute atomic E-state index is 0.142. The number of halogens is 2. The standard InChI is InChI=1S/C7H13BrClN2O3P/c8-6-7(12)11-4-1-5-14-15(11,13)10-3-2-9/h1-6H2,(H,10,13). The van der Waals surface area contributed by atoms with Gasteiger partial charge in [-0.05, 0) is 6.42 Å². The van der Waals surface area contributed by atoms with Crippen molar-refractivity contribution in [1.82, 2.24) is 9.76 Å². The Labute approximate surface area is 102 Å². The predicted octanol–water partition coefficient (Wildman–Crippen LogP) is 1.57. The van der Waals surface area contributed by atoms with Crippen molar-refractivity contribution < 1.29 is 13.9 Å². The monoisotopic (exact) mass is 318 g/mol. The number of carbonyl (C=O) groups is 1. The molecule has 1 N–H and O–H groups in total. The molecule has 0 spiro atoms. The molecule has 1 aliphatic rings. The van der Waals surface area contributed by atoms with E-state index in [1.165, 1.54) is 4.67 Å². The predicted molar refractivity (Wildman–Crippen MR) is 62.4 cm³/mol. The van der Waals surface area contributed by atoms with Gasteiger partial charge in [-0.3, -0.25) is 9.46 Å². The van der Waals surface area contributed by atoms with Gasteiger partial charge in [-0.15, -0.1) is 11.6 Å². The number of alkyl halides is 2. The lowest BCUT2D eigenvalue weighted by Gasteiger charge is -2.34. The maximum atomic E-state index is 12.2. The Morgan fingerprint density at radius 1 is 1.67 bits per heavy atom. The Hall–Kier alpha value is 0.390. The van der Waals surface area contributed by atoms with E-state index in [-0.39, 0.29) is 11.2 Å². The highest BCUT2D eigenvalue weighted by molar-refractivity contribution is 9.09. The van der Waals surface area contributed by atoms with E-state index < -0.39 is 7.67 Å². The summed E-state index contributed by atoms with van der Waals surface area (Å²) in [6, 6.07) is 0. The molecular weight excluding hydrogens is 306 g/mol. The van der Waals surface area contributed by atoms with Gasteiger partial charge in [0.05, 0.1) is 11.9 Å². The highest BCUT2D eigenvalue weighted by Gasteiger charge is 2.37. The number of amides is 1.